The molecule has 2 unspecified atom stereocenters. The van der Waals surface area contributed by atoms with Gasteiger partial charge < -0.3 is 19.4 Å². The first-order chi connectivity index (χ1) is 8.60. The van der Waals surface area contributed by atoms with Crippen molar-refractivity contribution in [1.29, 1.82) is 0 Å². The van der Waals surface area contributed by atoms with Gasteiger partial charge in [0.2, 0.25) is 5.95 Å². The van der Waals surface area contributed by atoms with Gasteiger partial charge in [-0.15, -0.1) is 0 Å². The van der Waals surface area contributed by atoms with Gasteiger partial charge in [-0.3, -0.25) is 0 Å². The Kier molecular flexibility index (Phi) is 6.15. The van der Waals surface area contributed by atoms with E-state index in [4.69, 9.17) is 9.47 Å². The first-order valence-electron chi connectivity index (χ1n) is 6.37. The van der Waals surface area contributed by atoms with Crippen LogP contribution in [0.4, 0.5) is 5.95 Å². The topological polar surface area (TPSA) is 48.3 Å². The lowest BCUT2D eigenvalue weighted by atomic mass is 10.1. The molecule has 0 saturated heterocycles. The van der Waals surface area contributed by atoms with Crippen LogP contribution in [0.25, 0.3) is 0 Å². The summed E-state index contributed by atoms with van der Waals surface area (Å²) < 4.78 is 12.5. The quantitative estimate of drug-likeness (QED) is 0.773. The molecule has 0 aromatic carbocycles. The van der Waals surface area contributed by atoms with Crippen molar-refractivity contribution >= 4 is 5.95 Å². The zero-order valence-electron chi connectivity index (χ0n) is 12.0. The lowest BCUT2D eigenvalue weighted by Crippen LogP contribution is -2.32. The third-order valence-electron chi connectivity index (χ3n) is 3.02. The van der Waals surface area contributed by atoms with Crippen LogP contribution in [0.5, 0.6) is 0 Å². The normalized spacial score (nSPS) is 14.8. The van der Waals surface area contributed by atoms with Crippen molar-refractivity contribution in [3.8, 4) is 0 Å². The van der Waals surface area contributed by atoms with E-state index in [-0.39, 0.29) is 12.1 Å². The summed E-state index contributed by atoms with van der Waals surface area (Å²) in [6.45, 7) is 7.78. The zero-order chi connectivity index (χ0) is 13.5. The maximum absolute atomic E-state index is 5.24. The Morgan fingerprint density at radius 3 is 2.44 bits per heavy atom. The lowest BCUT2D eigenvalue weighted by molar-refractivity contribution is 0.161. The molecular formula is C13H25N3O2. The molecule has 1 N–H and O–H groups in total. The molecule has 0 aliphatic rings. The SMILES string of the molecule is COCC(Nc1nccn1C(C)COC)C(C)C. The standard InChI is InChI=1S/C13H25N3O2/c1-10(2)12(9-18-5)15-13-14-6-7-16(13)11(3)8-17-4/h6-7,10-12H,8-9H2,1-5H3,(H,14,15). The fourth-order valence-electron chi connectivity index (χ4n) is 1.85. The zero-order valence-corrected chi connectivity index (χ0v) is 12.0. The molecular weight excluding hydrogens is 230 g/mol. The maximum atomic E-state index is 5.24. The minimum atomic E-state index is 0.255. The van der Waals surface area contributed by atoms with Crippen molar-refractivity contribution in [2.45, 2.75) is 32.9 Å². The van der Waals surface area contributed by atoms with Crippen LogP contribution in [0.3, 0.4) is 0 Å². The first-order valence-corrected chi connectivity index (χ1v) is 6.37. The molecule has 0 aliphatic carbocycles. The Labute approximate surface area is 109 Å². The van der Waals surface area contributed by atoms with Crippen molar-refractivity contribution in [3.63, 3.8) is 0 Å². The molecule has 0 radical (unpaired) electrons. The fourth-order valence-corrected chi connectivity index (χ4v) is 1.85. The molecule has 5 nitrogen and oxygen atoms in total. The highest BCUT2D eigenvalue weighted by atomic mass is 16.5. The molecule has 1 rings (SSSR count). The summed E-state index contributed by atoms with van der Waals surface area (Å²) in [6, 6.07) is 0.515. The minimum Gasteiger partial charge on any atom is -0.383 e. The second kappa shape index (κ2) is 7.38. The van der Waals surface area contributed by atoms with E-state index in [1.54, 1.807) is 20.4 Å². The summed E-state index contributed by atoms with van der Waals surface area (Å²) in [5, 5.41) is 3.44. The van der Waals surface area contributed by atoms with Crippen LogP contribution >= 0.6 is 0 Å². The van der Waals surface area contributed by atoms with Crippen molar-refractivity contribution in [2.24, 2.45) is 5.92 Å². The molecule has 1 heterocycles. The number of nitrogens with one attached hydrogen (secondary N) is 1. The monoisotopic (exact) mass is 255 g/mol. The molecule has 0 spiro atoms. The third-order valence-corrected chi connectivity index (χ3v) is 3.02. The summed E-state index contributed by atoms with van der Waals surface area (Å²) >= 11 is 0. The number of hydrogen-bond donors (Lipinski definition) is 1. The minimum absolute atomic E-state index is 0.255. The van der Waals surface area contributed by atoms with E-state index < -0.39 is 0 Å². The van der Waals surface area contributed by atoms with Crippen LogP contribution < -0.4 is 5.32 Å². The Balaban J connectivity index is 2.74. The number of nitrogens with zero attached hydrogens (tertiary/aromatic N) is 2. The number of ether oxygens (including phenoxy) is 2. The smallest absolute Gasteiger partial charge is 0.203 e. The van der Waals surface area contributed by atoms with E-state index in [2.05, 4.69) is 35.6 Å². The molecule has 0 aliphatic heterocycles. The Morgan fingerprint density at radius 1 is 1.22 bits per heavy atom. The molecule has 5 heteroatoms. The van der Waals surface area contributed by atoms with Crippen LogP contribution in [0.1, 0.15) is 26.8 Å². The Hall–Kier alpha value is -1.07. The molecule has 18 heavy (non-hydrogen) atoms. The molecule has 2 atom stereocenters. The highest BCUT2D eigenvalue weighted by Crippen LogP contribution is 2.16. The predicted molar refractivity (Wildman–Crippen MR) is 72.9 cm³/mol. The van der Waals surface area contributed by atoms with Gasteiger partial charge in [0, 0.05) is 26.6 Å². The van der Waals surface area contributed by atoms with Crippen LogP contribution in [0, 0.1) is 5.92 Å². The van der Waals surface area contributed by atoms with E-state index in [1.807, 2.05) is 6.20 Å². The predicted octanol–water partition coefficient (Wildman–Crippen LogP) is 2.17. The van der Waals surface area contributed by atoms with Gasteiger partial charge in [-0.05, 0) is 12.8 Å². The summed E-state index contributed by atoms with van der Waals surface area (Å²) in [4.78, 5) is 4.36. The lowest BCUT2D eigenvalue weighted by Gasteiger charge is -2.24. The fraction of sp³-hybridized carbons (Fsp3) is 0.769. The van der Waals surface area contributed by atoms with E-state index in [1.165, 1.54) is 0 Å². The largest absolute Gasteiger partial charge is 0.383 e. The van der Waals surface area contributed by atoms with Crippen LogP contribution in [0.2, 0.25) is 0 Å². The van der Waals surface area contributed by atoms with Gasteiger partial charge in [-0.25, -0.2) is 4.98 Å². The summed E-state index contributed by atoms with van der Waals surface area (Å²) in [7, 11) is 3.43. The summed E-state index contributed by atoms with van der Waals surface area (Å²) in [5.41, 5.74) is 0. The second-order valence-corrected chi connectivity index (χ2v) is 4.91. The van der Waals surface area contributed by atoms with E-state index in [0.717, 1.165) is 5.95 Å². The van der Waals surface area contributed by atoms with E-state index in [9.17, 15) is 0 Å². The highest BCUT2D eigenvalue weighted by Gasteiger charge is 2.17. The van der Waals surface area contributed by atoms with Gasteiger partial charge in [0.15, 0.2) is 0 Å². The molecule has 0 amide bonds. The number of methoxy groups -OCH3 is 2. The molecule has 0 saturated carbocycles. The highest BCUT2D eigenvalue weighted by molar-refractivity contribution is 5.28. The summed E-state index contributed by atoms with van der Waals surface area (Å²) in [5.74, 6) is 1.35. The molecule has 104 valence electrons. The number of imidazole rings is 1. The molecule has 1 aromatic heterocycles. The molecule has 0 fully saturated rings. The van der Waals surface area contributed by atoms with E-state index >= 15 is 0 Å². The van der Waals surface area contributed by atoms with Gasteiger partial charge in [0.25, 0.3) is 0 Å². The Bertz CT molecular complexity index is 339. The van der Waals surface area contributed by atoms with Gasteiger partial charge >= 0.3 is 0 Å². The van der Waals surface area contributed by atoms with Gasteiger partial charge in [0.05, 0.1) is 25.3 Å². The van der Waals surface area contributed by atoms with Crippen molar-refractivity contribution in [1.82, 2.24) is 9.55 Å². The number of hydrogen-bond acceptors (Lipinski definition) is 4. The number of aromatic nitrogens is 2. The van der Waals surface area contributed by atoms with Gasteiger partial charge in [0.1, 0.15) is 0 Å². The van der Waals surface area contributed by atoms with Crippen molar-refractivity contribution in [3.05, 3.63) is 12.4 Å². The van der Waals surface area contributed by atoms with E-state index in [0.29, 0.717) is 19.1 Å². The molecule has 0 bridgehead atoms. The van der Waals surface area contributed by atoms with Crippen molar-refractivity contribution in [2.75, 3.05) is 32.8 Å². The van der Waals surface area contributed by atoms with Crippen molar-refractivity contribution < 1.29 is 9.47 Å². The van der Waals surface area contributed by atoms with Crippen LogP contribution in [-0.4, -0.2) is 43.0 Å². The average molecular weight is 255 g/mol. The first kappa shape index (κ1) is 15.0. The van der Waals surface area contributed by atoms with Gasteiger partial charge in [-0.1, -0.05) is 13.8 Å². The van der Waals surface area contributed by atoms with Crippen LogP contribution in [0.15, 0.2) is 12.4 Å². The average Bonchev–Trinajstić information content (AvgIpc) is 2.77. The number of rotatable bonds is 8. The number of anilines is 1. The molecule has 1 aromatic rings. The van der Waals surface area contributed by atoms with Crippen LogP contribution in [-0.2, 0) is 9.47 Å². The Morgan fingerprint density at radius 2 is 1.89 bits per heavy atom. The van der Waals surface area contributed by atoms with Gasteiger partial charge in [-0.2, -0.15) is 0 Å². The third kappa shape index (κ3) is 3.99. The summed E-state index contributed by atoms with van der Waals surface area (Å²) in [6.07, 6.45) is 3.77. The maximum Gasteiger partial charge on any atom is 0.203 e. The second-order valence-electron chi connectivity index (χ2n) is 4.91.